The van der Waals surface area contributed by atoms with Crippen molar-refractivity contribution in [3.8, 4) is 17.0 Å². The first-order valence-corrected chi connectivity index (χ1v) is 12.3. The second kappa shape index (κ2) is 9.84. The van der Waals surface area contributed by atoms with Crippen LogP contribution in [0, 0.1) is 10.1 Å². The van der Waals surface area contributed by atoms with Crippen molar-refractivity contribution in [1.82, 2.24) is 23.5 Å². The van der Waals surface area contributed by atoms with Gasteiger partial charge in [-0.1, -0.05) is 12.1 Å². The van der Waals surface area contributed by atoms with E-state index in [0.29, 0.717) is 11.4 Å². The largest absolute Gasteiger partial charge is 0.497 e. The highest BCUT2D eigenvalue weighted by Crippen LogP contribution is 2.32. The van der Waals surface area contributed by atoms with Gasteiger partial charge in [0.1, 0.15) is 24.1 Å². The first-order valence-electron chi connectivity index (χ1n) is 12.3. The van der Waals surface area contributed by atoms with Gasteiger partial charge in [-0.15, -0.1) is 0 Å². The summed E-state index contributed by atoms with van der Waals surface area (Å²) in [4.78, 5) is 33.2. The van der Waals surface area contributed by atoms with Crippen LogP contribution in [0.4, 0.5) is 5.69 Å². The third kappa shape index (κ3) is 4.10. The van der Waals surface area contributed by atoms with Gasteiger partial charge in [0, 0.05) is 23.9 Å². The molecule has 1 saturated heterocycles. The minimum Gasteiger partial charge on any atom is -0.497 e. The van der Waals surface area contributed by atoms with E-state index in [1.165, 1.54) is 27.4 Å². The number of fused-ring (bicyclic) bond motifs is 2. The number of benzene rings is 2. The number of non-ortho nitro benzene ring substituents is 1. The van der Waals surface area contributed by atoms with Gasteiger partial charge >= 0.3 is 0 Å². The van der Waals surface area contributed by atoms with Crippen molar-refractivity contribution in [2.75, 3.05) is 13.7 Å². The number of hydrogen-bond donors (Lipinski definition) is 3. The molecule has 1 aliphatic rings. The zero-order chi connectivity index (χ0) is 28.1. The summed E-state index contributed by atoms with van der Waals surface area (Å²) in [5.74, 6) is 0.898. The Balaban J connectivity index is 1.54. The molecule has 0 radical (unpaired) electrons. The van der Waals surface area contributed by atoms with Gasteiger partial charge in [0.05, 0.1) is 37.2 Å². The molecular weight excluding hydrogens is 524 g/mol. The molecule has 3 N–H and O–H groups in total. The number of ether oxygens (including phenoxy) is 2. The molecule has 2 aromatic carbocycles. The molecule has 0 amide bonds. The SMILES string of the molecule is COc1ccc(-c2cn3c(=O)c4ncn([C@@H]5O[C@H](CO)[C@@H](O)[C@H]5O)c4nc3n2Cc2ccc([N+](=O)[O-])cc2)cc1. The van der Waals surface area contributed by atoms with E-state index in [1.54, 1.807) is 42.1 Å². The topological polar surface area (TPSA) is 179 Å². The third-order valence-corrected chi connectivity index (χ3v) is 7.06. The predicted molar refractivity (Wildman–Crippen MR) is 140 cm³/mol. The van der Waals surface area contributed by atoms with E-state index in [9.17, 15) is 30.2 Å². The highest BCUT2D eigenvalue weighted by atomic mass is 16.6. The number of methoxy groups -OCH3 is 1. The quantitative estimate of drug-likeness (QED) is 0.197. The molecule has 14 nitrogen and oxygen atoms in total. The molecule has 0 spiro atoms. The van der Waals surface area contributed by atoms with Crippen molar-refractivity contribution in [2.45, 2.75) is 31.1 Å². The lowest BCUT2D eigenvalue weighted by molar-refractivity contribution is -0.384. The minimum atomic E-state index is -1.39. The molecule has 14 heteroatoms. The van der Waals surface area contributed by atoms with Crippen LogP contribution >= 0.6 is 0 Å². The molecular formula is C26H24N6O8. The fraction of sp³-hybridized carbons (Fsp3) is 0.269. The molecule has 0 aliphatic carbocycles. The summed E-state index contributed by atoms with van der Waals surface area (Å²) in [7, 11) is 1.56. The van der Waals surface area contributed by atoms with Crippen LogP contribution < -0.4 is 10.3 Å². The Bertz CT molecular complexity index is 1780. The maximum absolute atomic E-state index is 13.6. The lowest BCUT2D eigenvalue weighted by atomic mass is 10.1. The average Bonchev–Trinajstić information content (AvgIpc) is 3.64. The van der Waals surface area contributed by atoms with E-state index in [2.05, 4.69) is 4.98 Å². The second-order valence-corrected chi connectivity index (χ2v) is 9.39. The van der Waals surface area contributed by atoms with Gasteiger partial charge in [-0.2, -0.15) is 4.98 Å². The Morgan fingerprint density at radius 2 is 1.82 bits per heavy atom. The van der Waals surface area contributed by atoms with E-state index >= 15 is 0 Å². The van der Waals surface area contributed by atoms with Gasteiger partial charge in [0.2, 0.25) is 5.78 Å². The summed E-state index contributed by atoms with van der Waals surface area (Å²) in [5, 5.41) is 41.4. The number of rotatable bonds is 7. The monoisotopic (exact) mass is 548 g/mol. The van der Waals surface area contributed by atoms with Gasteiger partial charge < -0.3 is 29.4 Å². The fourth-order valence-corrected chi connectivity index (χ4v) is 4.93. The lowest BCUT2D eigenvalue weighted by Gasteiger charge is -2.16. The summed E-state index contributed by atoms with van der Waals surface area (Å²) in [5.41, 5.74) is 1.74. The maximum atomic E-state index is 13.6. The van der Waals surface area contributed by atoms with Crippen LogP contribution in [0.2, 0.25) is 0 Å². The smallest absolute Gasteiger partial charge is 0.287 e. The number of nitrogens with zero attached hydrogens (tertiary/aromatic N) is 6. The van der Waals surface area contributed by atoms with Crippen LogP contribution in [0.15, 0.2) is 65.8 Å². The highest BCUT2D eigenvalue weighted by molar-refractivity contribution is 5.74. The number of aliphatic hydroxyl groups is 3. The van der Waals surface area contributed by atoms with Crippen molar-refractivity contribution in [3.05, 3.63) is 87.1 Å². The van der Waals surface area contributed by atoms with E-state index < -0.39 is 41.6 Å². The number of imidazole rings is 2. The third-order valence-electron chi connectivity index (χ3n) is 7.06. The van der Waals surface area contributed by atoms with Gasteiger partial charge in [0.25, 0.3) is 11.2 Å². The van der Waals surface area contributed by atoms with Crippen molar-refractivity contribution in [3.63, 3.8) is 0 Å². The van der Waals surface area contributed by atoms with Crippen LogP contribution in [0.5, 0.6) is 5.75 Å². The zero-order valence-corrected chi connectivity index (χ0v) is 21.1. The standard InChI is InChI=1S/C26H24N6O8/c1-39-17-8-4-15(5-9-17)18-11-30-24(36)20-23(31(13-27-20)25-22(35)21(34)19(12-33)40-25)28-26(30)29(18)10-14-2-6-16(7-3-14)32(37)38/h2-9,11,13,19,21-22,25,33-35H,10,12H2,1H3/t19-,21-,22-,25-/m1/s1. The molecule has 5 aromatic rings. The van der Waals surface area contributed by atoms with E-state index in [1.807, 2.05) is 12.1 Å². The average molecular weight is 549 g/mol. The summed E-state index contributed by atoms with van der Waals surface area (Å²) in [6.07, 6.45) is -1.95. The Morgan fingerprint density at radius 3 is 2.45 bits per heavy atom. The normalized spacial score (nSPS) is 20.9. The number of nitro groups is 1. The van der Waals surface area contributed by atoms with E-state index in [-0.39, 0.29) is 29.2 Å². The van der Waals surface area contributed by atoms with Gasteiger partial charge in [-0.05, 0) is 29.8 Å². The van der Waals surface area contributed by atoms with Crippen LogP contribution in [0.3, 0.4) is 0 Å². The molecule has 1 aliphatic heterocycles. The molecule has 4 heterocycles. The van der Waals surface area contributed by atoms with Crippen LogP contribution in [-0.4, -0.2) is 75.8 Å². The molecule has 4 atom stereocenters. The minimum absolute atomic E-state index is 0.0176. The first-order chi connectivity index (χ1) is 19.3. The summed E-state index contributed by atoms with van der Waals surface area (Å²) in [6.45, 7) is -0.291. The first kappa shape index (κ1) is 25.6. The Hall–Kier alpha value is -4.63. The molecule has 6 rings (SSSR count). The van der Waals surface area contributed by atoms with Crippen molar-refractivity contribution in [2.24, 2.45) is 0 Å². The van der Waals surface area contributed by atoms with Gasteiger partial charge in [0.15, 0.2) is 17.4 Å². The molecule has 0 unspecified atom stereocenters. The van der Waals surface area contributed by atoms with Crippen molar-refractivity contribution in [1.29, 1.82) is 0 Å². The lowest BCUT2D eigenvalue weighted by Crippen LogP contribution is -2.33. The van der Waals surface area contributed by atoms with E-state index in [4.69, 9.17) is 14.5 Å². The highest BCUT2D eigenvalue weighted by Gasteiger charge is 2.44. The van der Waals surface area contributed by atoms with E-state index in [0.717, 1.165) is 11.1 Å². The Kier molecular flexibility index (Phi) is 6.31. The van der Waals surface area contributed by atoms with Crippen LogP contribution in [0.25, 0.3) is 28.2 Å². The van der Waals surface area contributed by atoms with Crippen molar-refractivity contribution >= 4 is 22.6 Å². The van der Waals surface area contributed by atoms with Crippen molar-refractivity contribution < 1.29 is 29.7 Å². The predicted octanol–water partition coefficient (Wildman–Crippen LogP) is 1.09. The summed E-state index contributed by atoms with van der Waals surface area (Å²) in [6, 6.07) is 13.3. The summed E-state index contributed by atoms with van der Waals surface area (Å²) >= 11 is 0. The van der Waals surface area contributed by atoms with Gasteiger partial charge in [-0.25, -0.2) is 9.38 Å². The molecule has 0 saturated carbocycles. The zero-order valence-electron chi connectivity index (χ0n) is 21.1. The molecule has 3 aromatic heterocycles. The van der Waals surface area contributed by atoms with Crippen LogP contribution in [-0.2, 0) is 11.3 Å². The number of aromatic nitrogens is 5. The summed E-state index contributed by atoms with van der Waals surface area (Å²) < 4.78 is 15.4. The number of nitro benzene ring substituents is 1. The Labute approximate surface area is 225 Å². The molecule has 0 bridgehead atoms. The maximum Gasteiger partial charge on any atom is 0.287 e. The number of aliphatic hydroxyl groups excluding tert-OH is 3. The molecule has 206 valence electrons. The molecule has 1 fully saturated rings. The second-order valence-electron chi connectivity index (χ2n) is 9.39. The number of hydrogen-bond acceptors (Lipinski definition) is 10. The molecule has 40 heavy (non-hydrogen) atoms. The van der Waals surface area contributed by atoms with Gasteiger partial charge in [-0.3, -0.25) is 19.5 Å². The Morgan fingerprint density at radius 1 is 1.10 bits per heavy atom. The fourth-order valence-electron chi connectivity index (χ4n) is 4.93. The van der Waals surface area contributed by atoms with Crippen LogP contribution in [0.1, 0.15) is 11.8 Å².